The van der Waals surface area contributed by atoms with Crippen molar-refractivity contribution in [3.8, 4) is 0 Å². The van der Waals surface area contributed by atoms with Crippen molar-refractivity contribution in [1.82, 2.24) is 4.98 Å². The van der Waals surface area contributed by atoms with Gasteiger partial charge >= 0.3 is 5.76 Å². The Morgan fingerprint density at radius 1 is 1.09 bits per heavy atom. The molecule has 0 atom stereocenters. The van der Waals surface area contributed by atoms with Crippen LogP contribution in [0, 0.1) is 0 Å². The average Bonchev–Trinajstić information content (AvgIpc) is 3.10. The van der Waals surface area contributed by atoms with E-state index in [0.717, 1.165) is 9.86 Å². The molecule has 0 aliphatic heterocycles. The molecule has 1 amide bonds. The van der Waals surface area contributed by atoms with Gasteiger partial charge in [-0.15, -0.1) is 0 Å². The number of anilines is 1. The lowest BCUT2D eigenvalue weighted by Gasteiger charge is -2.02. The molecule has 0 saturated carbocycles. The number of furan rings is 1. The van der Waals surface area contributed by atoms with E-state index in [2.05, 4.69) is 26.2 Å². The van der Waals surface area contributed by atoms with Crippen molar-refractivity contribution in [2.75, 3.05) is 5.32 Å². The van der Waals surface area contributed by atoms with E-state index in [-0.39, 0.29) is 11.7 Å². The molecule has 2 N–H and O–H groups in total. The van der Waals surface area contributed by atoms with Crippen LogP contribution in [0.25, 0.3) is 22.1 Å². The van der Waals surface area contributed by atoms with Crippen LogP contribution < -0.4 is 11.1 Å². The number of carbonyl (C=O) groups is 1. The first-order chi connectivity index (χ1) is 11.1. The van der Waals surface area contributed by atoms with Gasteiger partial charge in [-0.3, -0.25) is 9.78 Å². The highest BCUT2D eigenvalue weighted by Gasteiger charge is 2.14. The summed E-state index contributed by atoms with van der Waals surface area (Å²) in [6.45, 7) is 0. The summed E-state index contributed by atoms with van der Waals surface area (Å²) in [5.41, 5.74) is 2.10. The molecule has 2 aromatic carbocycles. The second-order valence-electron chi connectivity index (χ2n) is 4.94. The van der Waals surface area contributed by atoms with Crippen molar-refractivity contribution in [3.63, 3.8) is 0 Å². The minimum atomic E-state index is -0.536. The summed E-state index contributed by atoms with van der Waals surface area (Å²) >= 11 is 3.42. The SMILES string of the molecule is O=C(Nc1ccc2oc(=O)[nH]c2c1)c1cc2c(Br)cccc2o1. The Hall–Kier alpha value is -2.80. The Morgan fingerprint density at radius 2 is 1.96 bits per heavy atom. The summed E-state index contributed by atoms with van der Waals surface area (Å²) in [6, 6.07) is 12.1. The van der Waals surface area contributed by atoms with Crippen LogP contribution in [0.15, 0.2) is 60.6 Å². The maximum Gasteiger partial charge on any atom is 0.417 e. The minimum Gasteiger partial charge on any atom is -0.451 e. The number of amides is 1. The molecule has 0 bridgehead atoms. The maximum atomic E-state index is 12.3. The first-order valence-electron chi connectivity index (χ1n) is 6.72. The first-order valence-corrected chi connectivity index (χ1v) is 7.52. The van der Waals surface area contributed by atoms with Crippen LogP contribution in [-0.4, -0.2) is 10.9 Å². The second kappa shape index (κ2) is 5.13. The van der Waals surface area contributed by atoms with E-state index in [1.54, 1.807) is 30.3 Å². The molecular weight excluding hydrogens is 364 g/mol. The third-order valence-electron chi connectivity index (χ3n) is 3.41. The number of halogens is 1. The van der Waals surface area contributed by atoms with Crippen molar-refractivity contribution >= 4 is 49.6 Å². The van der Waals surface area contributed by atoms with E-state index in [4.69, 9.17) is 8.83 Å². The van der Waals surface area contributed by atoms with Crippen molar-refractivity contribution in [2.45, 2.75) is 0 Å². The molecule has 4 rings (SSSR count). The van der Waals surface area contributed by atoms with Crippen LogP contribution in [0.2, 0.25) is 0 Å². The van der Waals surface area contributed by atoms with E-state index in [1.165, 1.54) is 0 Å². The molecule has 23 heavy (non-hydrogen) atoms. The number of aromatic amines is 1. The number of hydrogen-bond donors (Lipinski definition) is 2. The summed E-state index contributed by atoms with van der Waals surface area (Å²) in [7, 11) is 0. The summed E-state index contributed by atoms with van der Waals surface area (Å²) in [4.78, 5) is 26.0. The molecule has 0 fully saturated rings. The molecule has 0 saturated heterocycles. The summed E-state index contributed by atoms with van der Waals surface area (Å²) in [5, 5.41) is 3.55. The van der Waals surface area contributed by atoms with Crippen LogP contribution in [-0.2, 0) is 0 Å². The van der Waals surface area contributed by atoms with Gasteiger partial charge in [0.05, 0.1) is 5.52 Å². The zero-order valence-electron chi connectivity index (χ0n) is 11.6. The first kappa shape index (κ1) is 13.8. The number of fused-ring (bicyclic) bond motifs is 2. The van der Waals surface area contributed by atoms with Gasteiger partial charge < -0.3 is 14.2 Å². The molecule has 7 heteroatoms. The number of carbonyl (C=O) groups excluding carboxylic acids is 1. The Kier molecular flexibility index (Phi) is 3.09. The van der Waals surface area contributed by atoms with Gasteiger partial charge in [-0.05, 0) is 36.4 Å². The lowest BCUT2D eigenvalue weighted by atomic mass is 10.2. The van der Waals surface area contributed by atoms with E-state index in [0.29, 0.717) is 22.4 Å². The standard InChI is InChI=1S/C16H9BrN2O4/c17-10-2-1-3-12-9(10)7-14(22-12)15(20)18-8-4-5-13-11(6-8)19-16(21)23-13/h1-7H,(H,18,20)(H,19,21). The molecule has 0 radical (unpaired) electrons. The second-order valence-corrected chi connectivity index (χ2v) is 5.80. The van der Waals surface area contributed by atoms with Crippen LogP contribution >= 0.6 is 15.9 Å². The smallest absolute Gasteiger partial charge is 0.417 e. The average molecular weight is 373 g/mol. The summed E-state index contributed by atoms with van der Waals surface area (Å²) < 4.78 is 11.3. The zero-order valence-corrected chi connectivity index (χ0v) is 13.1. The van der Waals surface area contributed by atoms with E-state index in [9.17, 15) is 9.59 Å². The van der Waals surface area contributed by atoms with Gasteiger partial charge in [0.25, 0.3) is 5.91 Å². The highest BCUT2D eigenvalue weighted by molar-refractivity contribution is 9.10. The fraction of sp³-hybridized carbons (Fsp3) is 0. The molecule has 6 nitrogen and oxygen atoms in total. The number of benzene rings is 2. The van der Waals surface area contributed by atoms with Crippen LogP contribution in [0.3, 0.4) is 0 Å². The Balaban J connectivity index is 1.67. The highest BCUT2D eigenvalue weighted by Crippen LogP contribution is 2.27. The number of rotatable bonds is 2. The van der Waals surface area contributed by atoms with Crippen molar-refractivity contribution in [2.24, 2.45) is 0 Å². The summed E-state index contributed by atoms with van der Waals surface area (Å²) in [6.07, 6.45) is 0. The van der Waals surface area contributed by atoms with Crippen molar-refractivity contribution < 1.29 is 13.6 Å². The van der Waals surface area contributed by atoms with E-state index >= 15 is 0 Å². The van der Waals surface area contributed by atoms with Gasteiger partial charge in [0.15, 0.2) is 11.3 Å². The highest BCUT2D eigenvalue weighted by atomic mass is 79.9. The van der Waals surface area contributed by atoms with Gasteiger partial charge in [-0.1, -0.05) is 22.0 Å². The van der Waals surface area contributed by atoms with Crippen molar-refractivity contribution in [1.29, 1.82) is 0 Å². The van der Waals surface area contributed by atoms with E-state index in [1.807, 2.05) is 12.1 Å². The van der Waals surface area contributed by atoms with Crippen LogP contribution in [0.4, 0.5) is 5.69 Å². The van der Waals surface area contributed by atoms with Gasteiger partial charge in [0, 0.05) is 15.5 Å². The molecule has 0 spiro atoms. The number of oxazole rings is 1. The summed E-state index contributed by atoms with van der Waals surface area (Å²) in [5.74, 6) is -0.711. The van der Waals surface area contributed by atoms with Gasteiger partial charge in [0.2, 0.25) is 0 Å². The third kappa shape index (κ3) is 2.44. The Morgan fingerprint density at radius 3 is 2.78 bits per heavy atom. The number of nitrogens with one attached hydrogen (secondary N) is 2. The monoisotopic (exact) mass is 372 g/mol. The molecule has 2 aromatic heterocycles. The van der Waals surface area contributed by atoms with Crippen LogP contribution in [0.1, 0.15) is 10.6 Å². The zero-order chi connectivity index (χ0) is 16.0. The largest absolute Gasteiger partial charge is 0.451 e. The Bertz CT molecular complexity index is 1110. The van der Waals surface area contributed by atoms with E-state index < -0.39 is 5.76 Å². The quantitative estimate of drug-likeness (QED) is 0.558. The molecule has 0 aliphatic rings. The number of aromatic nitrogens is 1. The van der Waals surface area contributed by atoms with Gasteiger partial charge in [-0.2, -0.15) is 0 Å². The van der Waals surface area contributed by atoms with Crippen molar-refractivity contribution in [3.05, 3.63) is 63.2 Å². The molecule has 0 aliphatic carbocycles. The lowest BCUT2D eigenvalue weighted by molar-refractivity contribution is 0.0998. The lowest BCUT2D eigenvalue weighted by Crippen LogP contribution is -2.10. The third-order valence-corrected chi connectivity index (χ3v) is 4.10. The number of H-pyrrole nitrogens is 1. The molecule has 0 unspecified atom stereocenters. The topological polar surface area (TPSA) is 88.2 Å². The predicted octanol–water partition coefficient (Wildman–Crippen LogP) is 3.88. The predicted molar refractivity (Wildman–Crippen MR) is 88.7 cm³/mol. The fourth-order valence-corrected chi connectivity index (χ4v) is 2.82. The maximum absolute atomic E-state index is 12.3. The fourth-order valence-electron chi connectivity index (χ4n) is 2.36. The molecular formula is C16H9BrN2O4. The Labute approximate surface area is 137 Å². The molecule has 4 aromatic rings. The molecule has 114 valence electrons. The minimum absolute atomic E-state index is 0.202. The van der Waals surface area contributed by atoms with Crippen LogP contribution in [0.5, 0.6) is 0 Å². The van der Waals surface area contributed by atoms with Gasteiger partial charge in [0.1, 0.15) is 5.58 Å². The number of hydrogen-bond acceptors (Lipinski definition) is 4. The molecule has 2 heterocycles. The normalized spacial score (nSPS) is 11.2. The van der Waals surface area contributed by atoms with Gasteiger partial charge in [-0.25, -0.2) is 4.79 Å².